The Bertz CT molecular complexity index is 1150. The summed E-state index contributed by atoms with van der Waals surface area (Å²) in [6, 6.07) is 10.6. The maximum atomic E-state index is 13.2. The number of hydrogen-bond donors (Lipinski definition) is 1. The maximum Gasteiger partial charge on any atom is 0.316 e. The standard InChI is InChI=1S/C19H14F2N6O2/c1-11-2-4-12(5-3-11)9-27-10-16(24-26-27)17-23-19(29-25-17)18(28)22-15-7-13(20)6-14(21)8-15/h2-8,10H,9H2,1H3,(H,22,28). The van der Waals surface area contributed by atoms with Gasteiger partial charge in [-0.3, -0.25) is 4.79 Å². The van der Waals surface area contributed by atoms with Crippen LogP contribution in [0, 0.1) is 18.6 Å². The fourth-order valence-corrected chi connectivity index (χ4v) is 2.59. The quantitative estimate of drug-likeness (QED) is 0.556. The summed E-state index contributed by atoms with van der Waals surface area (Å²) in [6.45, 7) is 2.51. The summed E-state index contributed by atoms with van der Waals surface area (Å²) < 4.78 is 33.0. The van der Waals surface area contributed by atoms with E-state index >= 15 is 0 Å². The molecule has 0 saturated heterocycles. The Morgan fingerprint density at radius 3 is 2.59 bits per heavy atom. The topological polar surface area (TPSA) is 98.7 Å². The van der Waals surface area contributed by atoms with Crippen LogP contribution >= 0.6 is 0 Å². The fraction of sp³-hybridized carbons (Fsp3) is 0.105. The summed E-state index contributed by atoms with van der Waals surface area (Å²) in [5.41, 5.74) is 2.45. The van der Waals surface area contributed by atoms with Gasteiger partial charge in [-0.2, -0.15) is 4.98 Å². The van der Waals surface area contributed by atoms with E-state index in [0.29, 0.717) is 18.3 Å². The first kappa shape index (κ1) is 18.4. The SMILES string of the molecule is Cc1ccc(Cn2cc(-c3noc(C(=O)Nc4cc(F)cc(F)c4)n3)nn2)cc1. The zero-order valence-electron chi connectivity index (χ0n) is 15.1. The van der Waals surface area contributed by atoms with E-state index in [1.54, 1.807) is 10.9 Å². The minimum absolute atomic E-state index is 0.0655. The molecular formula is C19H14F2N6O2. The van der Waals surface area contributed by atoms with E-state index < -0.39 is 17.5 Å². The van der Waals surface area contributed by atoms with Crippen LogP contribution in [0.1, 0.15) is 21.8 Å². The first-order valence-electron chi connectivity index (χ1n) is 8.53. The molecule has 0 aliphatic carbocycles. The molecule has 2 aromatic heterocycles. The van der Waals surface area contributed by atoms with Crippen molar-refractivity contribution >= 4 is 11.6 Å². The van der Waals surface area contributed by atoms with Gasteiger partial charge in [0.15, 0.2) is 5.69 Å². The molecule has 0 atom stereocenters. The molecule has 29 heavy (non-hydrogen) atoms. The number of rotatable bonds is 5. The monoisotopic (exact) mass is 396 g/mol. The van der Waals surface area contributed by atoms with Gasteiger partial charge in [-0.05, 0) is 24.6 Å². The van der Waals surface area contributed by atoms with Crippen LogP contribution < -0.4 is 5.32 Å². The van der Waals surface area contributed by atoms with Crippen LogP contribution in [0.15, 0.2) is 53.2 Å². The third kappa shape index (κ3) is 4.32. The van der Waals surface area contributed by atoms with E-state index in [0.717, 1.165) is 23.3 Å². The summed E-state index contributed by atoms with van der Waals surface area (Å²) in [4.78, 5) is 16.1. The highest BCUT2D eigenvalue weighted by molar-refractivity contribution is 6.01. The average Bonchev–Trinajstić information content (AvgIpc) is 3.32. The van der Waals surface area contributed by atoms with Crippen molar-refractivity contribution in [2.45, 2.75) is 13.5 Å². The van der Waals surface area contributed by atoms with Crippen LogP contribution in [0.5, 0.6) is 0 Å². The lowest BCUT2D eigenvalue weighted by Gasteiger charge is -2.02. The number of nitrogens with zero attached hydrogens (tertiary/aromatic N) is 5. The molecule has 0 aliphatic heterocycles. The molecule has 0 spiro atoms. The van der Waals surface area contributed by atoms with Gasteiger partial charge in [0.2, 0.25) is 5.82 Å². The number of amides is 1. The summed E-state index contributed by atoms with van der Waals surface area (Å²) in [7, 11) is 0. The van der Waals surface area contributed by atoms with E-state index in [9.17, 15) is 13.6 Å². The Hall–Kier alpha value is -3.95. The normalized spacial score (nSPS) is 10.9. The second kappa shape index (κ2) is 7.58. The number of carbonyl (C=O) groups excluding carboxylic acids is 1. The second-order valence-corrected chi connectivity index (χ2v) is 6.32. The van der Waals surface area contributed by atoms with E-state index in [2.05, 4.69) is 25.8 Å². The summed E-state index contributed by atoms with van der Waals surface area (Å²) in [6.07, 6.45) is 1.62. The lowest BCUT2D eigenvalue weighted by atomic mass is 10.1. The molecule has 0 radical (unpaired) electrons. The van der Waals surface area contributed by atoms with Crippen molar-refractivity contribution < 1.29 is 18.1 Å². The molecule has 0 aliphatic rings. The zero-order valence-corrected chi connectivity index (χ0v) is 15.1. The number of aryl methyl sites for hydroxylation is 1. The molecule has 146 valence electrons. The molecule has 2 heterocycles. The van der Waals surface area contributed by atoms with Crippen LogP contribution in [0.4, 0.5) is 14.5 Å². The molecule has 0 unspecified atom stereocenters. The lowest BCUT2D eigenvalue weighted by molar-refractivity contribution is 0.0981. The minimum Gasteiger partial charge on any atom is -0.328 e. The first-order chi connectivity index (χ1) is 14.0. The van der Waals surface area contributed by atoms with E-state index in [-0.39, 0.29) is 17.4 Å². The number of anilines is 1. The lowest BCUT2D eigenvalue weighted by Crippen LogP contribution is -2.12. The van der Waals surface area contributed by atoms with Crippen LogP contribution in [0.3, 0.4) is 0 Å². The Balaban J connectivity index is 1.46. The minimum atomic E-state index is -0.822. The predicted molar refractivity (Wildman–Crippen MR) is 97.9 cm³/mol. The van der Waals surface area contributed by atoms with Crippen molar-refractivity contribution in [3.63, 3.8) is 0 Å². The van der Waals surface area contributed by atoms with Crippen molar-refractivity contribution in [1.29, 1.82) is 0 Å². The van der Waals surface area contributed by atoms with E-state index in [1.807, 2.05) is 31.2 Å². The van der Waals surface area contributed by atoms with Crippen molar-refractivity contribution in [2.75, 3.05) is 5.32 Å². The summed E-state index contributed by atoms with van der Waals surface area (Å²) in [5.74, 6) is -2.76. The van der Waals surface area contributed by atoms with E-state index in [4.69, 9.17) is 4.52 Å². The van der Waals surface area contributed by atoms with Gasteiger partial charge in [0.05, 0.1) is 12.7 Å². The Morgan fingerprint density at radius 1 is 1.14 bits per heavy atom. The molecule has 4 rings (SSSR count). The Labute approximate surface area is 163 Å². The van der Waals surface area contributed by atoms with Crippen LogP contribution in [0.2, 0.25) is 0 Å². The van der Waals surface area contributed by atoms with Crippen molar-refractivity contribution in [3.05, 3.63) is 77.3 Å². The average molecular weight is 396 g/mol. The highest BCUT2D eigenvalue weighted by atomic mass is 19.1. The third-order valence-electron chi connectivity index (χ3n) is 3.97. The van der Waals surface area contributed by atoms with Gasteiger partial charge in [-0.25, -0.2) is 13.5 Å². The van der Waals surface area contributed by atoms with Gasteiger partial charge in [0.1, 0.15) is 11.6 Å². The molecule has 0 saturated carbocycles. The highest BCUT2D eigenvalue weighted by Gasteiger charge is 2.19. The van der Waals surface area contributed by atoms with Crippen molar-refractivity contribution in [2.24, 2.45) is 0 Å². The molecule has 0 bridgehead atoms. The predicted octanol–water partition coefficient (Wildman–Crippen LogP) is 3.22. The van der Waals surface area contributed by atoms with Crippen molar-refractivity contribution in [1.82, 2.24) is 25.1 Å². The first-order valence-corrected chi connectivity index (χ1v) is 8.53. The van der Waals surface area contributed by atoms with E-state index in [1.165, 1.54) is 0 Å². The van der Waals surface area contributed by atoms with Crippen LogP contribution in [-0.2, 0) is 6.54 Å². The number of halogens is 2. The molecule has 1 N–H and O–H groups in total. The molecule has 0 fully saturated rings. The van der Waals surface area contributed by atoms with Gasteiger partial charge in [0.25, 0.3) is 0 Å². The summed E-state index contributed by atoms with van der Waals surface area (Å²) in [5, 5.41) is 14.0. The summed E-state index contributed by atoms with van der Waals surface area (Å²) >= 11 is 0. The molecule has 2 aromatic carbocycles. The third-order valence-corrected chi connectivity index (χ3v) is 3.97. The number of nitrogens with one attached hydrogen (secondary N) is 1. The molecule has 8 nitrogen and oxygen atoms in total. The van der Waals surface area contributed by atoms with Gasteiger partial charge < -0.3 is 9.84 Å². The second-order valence-electron chi connectivity index (χ2n) is 6.32. The largest absolute Gasteiger partial charge is 0.328 e. The molecule has 4 aromatic rings. The number of hydrogen-bond acceptors (Lipinski definition) is 6. The Morgan fingerprint density at radius 2 is 1.86 bits per heavy atom. The fourth-order valence-electron chi connectivity index (χ4n) is 2.59. The zero-order chi connectivity index (χ0) is 20.4. The van der Waals surface area contributed by atoms with Gasteiger partial charge in [0, 0.05) is 11.8 Å². The smallest absolute Gasteiger partial charge is 0.316 e. The Kier molecular flexibility index (Phi) is 4.82. The van der Waals surface area contributed by atoms with Crippen LogP contribution in [-0.4, -0.2) is 31.0 Å². The van der Waals surface area contributed by atoms with Crippen molar-refractivity contribution in [3.8, 4) is 11.5 Å². The maximum absolute atomic E-state index is 13.2. The highest BCUT2D eigenvalue weighted by Crippen LogP contribution is 2.16. The number of benzene rings is 2. The van der Waals surface area contributed by atoms with Gasteiger partial charge >= 0.3 is 11.8 Å². The van der Waals surface area contributed by atoms with Crippen LogP contribution in [0.25, 0.3) is 11.5 Å². The molecule has 1 amide bonds. The number of aromatic nitrogens is 5. The van der Waals surface area contributed by atoms with Gasteiger partial charge in [-0.15, -0.1) is 5.10 Å². The molecule has 10 heteroatoms. The number of carbonyl (C=O) groups is 1. The van der Waals surface area contributed by atoms with Gasteiger partial charge in [-0.1, -0.05) is 40.2 Å². The molecular weight excluding hydrogens is 382 g/mol.